The van der Waals surface area contributed by atoms with Crippen molar-refractivity contribution in [1.82, 2.24) is 0 Å². The summed E-state index contributed by atoms with van der Waals surface area (Å²) < 4.78 is 14.0. The molecule has 0 rings (SSSR count). The van der Waals surface area contributed by atoms with Crippen LogP contribution in [-0.4, -0.2) is 33.3 Å². The molecule has 0 fully saturated rings. The number of carbonyl (C=O) groups is 1. The molecule has 0 spiro atoms. The van der Waals surface area contributed by atoms with Crippen LogP contribution in [0.5, 0.6) is 0 Å². The standard InChI is InChI=1S/C6H10O3.C2H7O3P/c1-4(2)6(8)9-5(3)7;1-2-6(3,4)5/h5,7H,1H2,2-3H3;2H2,1H3,(H2,3,4,5). The van der Waals surface area contributed by atoms with Crippen molar-refractivity contribution in [3.63, 3.8) is 0 Å². The van der Waals surface area contributed by atoms with Gasteiger partial charge in [0.25, 0.3) is 0 Å². The van der Waals surface area contributed by atoms with E-state index in [0.29, 0.717) is 0 Å². The van der Waals surface area contributed by atoms with Gasteiger partial charge in [0, 0.05) is 11.7 Å². The number of aliphatic hydroxyl groups is 1. The molecule has 0 bridgehead atoms. The first-order valence-electron chi connectivity index (χ1n) is 4.19. The zero-order valence-electron chi connectivity index (χ0n) is 9.01. The van der Waals surface area contributed by atoms with Crippen LogP contribution < -0.4 is 0 Å². The van der Waals surface area contributed by atoms with Crippen molar-refractivity contribution in [3.8, 4) is 0 Å². The third kappa shape index (κ3) is 16.0. The second-order valence-electron chi connectivity index (χ2n) is 2.77. The lowest BCUT2D eigenvalue weighted by molar-refractivity contribution is -0.159. The van der Waals surface area contributed by atoms with Crippen molar-refractivity contribution in [2.75, 3.05) is 6.16 Å². The Bertz CT molecular complexity index is 254. The smallest absolute Gasteiger partial charge is 0.335 e. The van der Waals surface area contributed by atoms with Gasteiger partial charge in [0.15, 0.2) is 6.29 Å². The number of carbonyl (C=O) groups excluding carboxylic acids is 1. The molecular formula is C8H17O6P. The van der Waals surface area contributed by atoms with Crippen LogP contribution >= 0.6 is 7.60 Å². The molecule has 0 heterocycles. The third-order valence-electron chi connectivity index (χ3n) is 1.04. The Morgan fingerprint density at radius 3 is 1.93 bits per heavy atom. The van der Waals surface area contributed by atoms with Crippen LogP contribution in [0.2, 0.25) is 0 Å². The fourth-order valence-electron chi connectivity index (χ4n) is 0.255. The molecule has 90 valence electrons. The zero-order valence-corrected chi connectivity index (χ0v) is 9.90. The molecule has 0 aliphatic carbocycles. The maximum atomic E-state index is 10.5. The van der Waals surface area contributed by atoms with E-state index in [-0.39, 0.29) is 11.7 Å². The first kappa shape index (κ1) is 16.7. The van der Waals surface area contributed by atoms with E-state index < -0.39 is 19.9 Å². The highest BCUT2D eigenvalue weighted by Gasteiger charge is 2.05. The minimum Gasteiger partial charge on any atom is -0.433 e. The predicted octanol–water partition coefficient (Wildman–Crippen LogP) is 0.628. The summed E-state index contributed by atoms with van der Waals surface area (Å²) in [4.78, 5) is 26.3. The average molecular weight is 240 g/mol. The minimum atomic E-state index is -3.65. The Labute approximate surface area is 88.7 Å². The molecule has 7 heteroatoms. The predicted molar refractivity (Wildman–Crippen MR) is 55.2 cm³/mol. The van der Waals surface area contributed by atoms with Gasteiger partial charge in [-0.05, 0) is 13.8 Å². The molecule has 0 aromatic carbocycles. The van der Waals surface area contributed by atoms with Gasteiger partial charge < -0.3 is 19.6 Å². The lowest BCUT2D eigenvalue weighted by atomic mass is 10.4. The molecule has 15 heavy (non-hydrogen) atoms. The fraction of sp³-hybridized carbons (Fsp3) is 0.625. The van der Waals surface area contributed by atoms with Gasteiger partial charge in [-0.1, -0.05) is 13.5 Å². The Morgan fingerprint density at radius 2 is 1.87 bits per heavy atom. The van der Waals surface area contributed by atoms with E-state index in [1.165, 1.54) is 20.8 Å². The molecule has 3 N–H and O–H groups in total. The quantitative estimate of drug-likeness (QED) is 0.289. The van der Waals surface area contributed by atoms with Crippen molar-refractivity contribution in [2.45, 2.75) is 27.1 Å². The summed E-state index contributed by atoms with van der Waals surface area (Å²) in [5.41, 5.74) is 0.288. The number of ether oxygens (including phenoxy) is 1. The van der Waals surface area contributed by atoms with E-state index >= 15 is 0 Å². The minimum absolute atomic E-state index is 0.0625. The summed E-state index contributed by atoms with van der Waals surface area (Å²) in [5, 5.41) is 8.49. The number of hydrogen-bond donors (Lipinski definition) is 3. The largest absolute Gasteiger partial charge is 0.433 e. The third-order valence-corrected chi connectivity index (χ3v) is 1.86. The molecular weight excluding hydrogens is 223 g/mol. The molecule has 6 nitrogen and oxygen atoms in total. The Kier molecular flexibility index (Phi) is 8.47. The highest BCUT2D eigenvalue weighted by atomic mass is 31.2. The maximum absolute atomic E-state index is 10.5. The molecule has 0 aliphatic heterocycles. The Balaban J connectivity index is 0. The topological polar surface area (TPSA) is 104 Å². The van der Waals surface area contributed by atoms with E-state index in [9.17, 15) is 9.36 Å². The number of aliphatic hydroxyl groups excluding tert-OH is 1. The average Bonchev–Trinajstić information content (AvgIpc) is 2.02. The van der Waals surface area contributed by atoms with Crippen molar-refractivity contribution in [1.29, 1.82) is 0 Å². The fourth-order valence-corrected chi connectivity index (χ4v) is 0.255. The van der Waals surface area contributed by atoms with Crippen molar-refractivity contribution >= 4 is 13.6 Å². The summed E-state index contributed by atoms with van der Waals surface area (Å²) in [6.45, 7) is 7.65. The molecule has 0 saturated carbocycles. The number of esters is 1. The van der Waals surface area contributed by atoms with E-state index in [2.05, 4.69) is 11.3 Å². The molecule has 0 aliphatic rings. The second kappa shape index (κ2) is 7.59. The first-order valence-corrected chi connectivity index (χ1v) is 5.99. The van der Waals surface area contributed by atoms with E-state index in [1.54, 1.807) is 0 Å². The van der Waals surface area contributed by atoms with Gasteiger partial charge in [-0.25, -0.2) is 4.79 Å². The van der Waals surface area contributed by atoms with Crippen LogP contribution in [0.4, 0.5) is 0 Å². The zero-order chi connectivity index (χ0) is 12.6. The van der Waals surface area contributed by atoms with Gasteiger partial charge in [-0.2, -0.15) is 0 Å². The van der Waals surface area contributed by atoms with Gasteiger partial charge in [0.2, 0.25) is 0 Å². The van der Waals surface area contributed by atoms with Gasteiger partial charge >= 0.3 is 13.6 Å². The van der Waals surface area contributed by atoms with Gasteiger partial charge in [0.1, 0.15) is 0 Å². The summed E-state index contributed by atoms with van der Waals surface area (Å²) >= 11 is 0. The molecule has 0 saturated heterocycles. The molecule has 1 unspecified atom stereocenters. The van der Waals surface area contributed by atoms with Crippen LogP contribution in [0.25, 0.3) is 0 Å². The van der Waals surface area contributed by atoms with Crippen molar-refractivity contribution in [2.24, 2.45) is 0 Å². The van der Waals surface area contributed by atoms with Gasteiger partial charge in [-0.3, -0.25) is 4.57 Å². The van der Waals surface area contributed by atoms with Crippen LogP contribution in [-0.2, 0) is 14.1 Å². The van der Waals surface area contributed by atoms with E-state index in [4.69, 9.17) is 14.9 Å². The summed E-state index contributed by atoms with van der Waals surface area (Å²) in [7, 11) is -3.65. The highest BCUT2D eigenvalue weighted by molar-refractivity contribution is 7.51. The van der Waals surface area contributed by atoms with Crippen LogP contribution in [0.15, 0.2) is 12.2 Å². The Morgan fingerprint density at radius 1 is 1.53 bits per heavy atom. The monoisotopic (exact) mass is 240 g/mol. The van der Waals surface area contributed by atoms with Crippen molar-refractivity contribution < 1.29 is 29.0 Å². The molecule has 0 radical (unpaired) electrons. The van der Waals surface area contributed by atoms with Crippen LogP contribution in [0.1, 0.15) is 20.8 Å². The lowest BCUT2D eigenvalue weighted by Gasteiger charge is -2.04. The summed E-state index contributed by atoms with van der Waals surface area (Å²) in [6, 6.07) is 0. The SMILES string of the molecule is C=C(C)C(=O)OC(C)O.CCP(=O)(O)O. The van der Waals surface area contributed by atoms with E-state index in [1.807, 2.05) is 0 Å². The van der Waals surface area contributed by atoms with Crippen LogP contribution in [0, 0.1) is 0 Å². The normalized spacial score (nSPS) is 12.1. The maximum Gasteiger partial charge on any atom is 0.335 e. The first-order chi connectivity index (χ1) is 6.60. The van der Waals surface area contributed by atoms with Crippen LogP contribution in [0.3, 0.4) is 0 Å². The summed E-state index contributed by atoms with van der Waals surface area (Å²) in [5.74, 6) is -0.565. The van der Waals surface area contributed by atoms with Gasteiger partial charge in [-0.15, -0.1) is 0 Å². The highest BCUT2D eigenvalue weighted by Crippen LogP contribution is 2.32. The summed E-state index contributed by atoms with van der Waals surface area (Å²) in [6.07, 6.45) is -1.11. The lowest BCUT2D eigenvalue weighted by Crippen LogP contribution is -2.13. The van der Waals surface area contributed by atoms with Crippen molar-refractivity contribution in [3.05, 3.63) is 12.2 Å². The van der Waals surface area contributed by atoms with E-state index in [0.717, 1.165) is 0 Å². The second-order valence-corrected chi connectivity index (χ2v) is 4.73. The molecule has 1 atom stereocenters. The number of rotatable bonds is 3. The van der Waals surface area contributed by atoms with Gasteiger partial charge in [0.05, 0.1) is 0 Å². The Hall–Kier alpha value is -0.680. The molecule has 0 aromatic rings. The molecule has 0 aromatic heterocycles. The number of hydrogen-bond acceptors (Lipinski definition) is 4. The molecule has 0 amide bonds.